The van der Waals surface area contributed by atoms with Crippen LogP contribution in [0.15, 0.2) is 0 Å². The van der Waals surface area contributed by atoms with Gasteiger partial charge in [0.25, 0.3) is 0 Å². The Kier molecular flexibility index (Phi) is 11.1. The minimum absolute atomic E-state index is 0.0278. The highest BCUT2D eigenvalue weighted by molar-refractivity contribution is 5.22. The Hall–Kier alpha value is -0.560. The highest BCUT2D eigenvalue weighted by atomic mass is 16.8. The maximum Gasteiger partial charge on any atom is 0.187 e. The van der Waals surface area contributed by atoms with E-state index in [0.717, 1.165) is 25.7 Å². The molecule has 0 bridgehead atoms. The average molecular weight is 787 g/mol. The first-order valence-electron chi connectivity index (χ1n) is 20.8. The van der Waals surface area contributed by atoms with E-state index >= 15 is 0 Å². The monoisotopic (exact) mass is 786 g/mol. The molecule has 0 spiro atoms. The molecule has 5 unspecified atom stereocenters. The van der Waals surface area contributed by atoms with E-state index in [2.05, 4.69) is 27.7 Å². The molecule has 21 atom stereocenters. The molecular formula is C41H70O14. The first kappa shape index (κ1) is 42.6. The summed E-state index contributed by atoms with van der Waals surface area (Å²) in [5.41, 5.74) is -3.47. The summed E-state index contributed by atoms with van der Waals surface area (Å²) in [5.74, 6) is -0.0709. The topological polar surface area (TPSA) is 228 Å². The lowest BCUT2D eigenvalue weighted by molar-refractivity contribution is -0.374. The van der Waals surface area contributed by atoms with Crippen LogP contribution >= 0.6 is 0 Å². The quantitative estimate of drug-likeness (QED) is 0.164. The second-order valence-electron chi connectivity index (χ2n) is 20.7. The SMILES string of the molecule is CC1(C)C(O)CC[C@]2(C)C3C[C@H](O)[C@]4(C)C([C@]5(C)CC[C@@H](C(C)(C)O)O5)CC[C@]4(C)C3C[C@H](O[C@@H]3O[C@H](CO)[C@@H](O)[C@H](O)[C@H]3O[C@@H]3OC[C@@H](O)[C@H](O)[C@H]3O)C12. The minimum Gasteiger partial charge on any atom is -0.394 e. The van der Waals surface area contributed by atoms with Crippen LogP contribution in [0.3, 0.4) is 0 Å². The molecule has 9 N–H and O–H groups in total. The number of aliphatic hydroxyl groups is 9. The third kappa shape index (κ3) is 6.42. The first-order chi connectivity index (χ1) is 25.5. The predicted molar refractivity (Wildman–Crippen MR) is 196 cm³/mol. The van der Waals surface area contributed by atoms with Crippen LogP contribution in [-0.4, -0.2) is 150 Å². The Balaban J connectivity index is 1.25. The van der Waals surface area contributed by atoms with Gasteiger partial charge < -0.3 is 69.6 Å². The summed E-state index contributed by atoms with van der Waals surface area (Å²) in [4.78, 5) is 0. The Morgan fingerprint density at radius 1 is 0.727 bits per heavy atom. The standard InChI is InChI=1S/C41H70O14/c1-36(2)25(44)10-12-38(5)19-16-26(45)41(8)24(40(7)14-11-27(55-40)37(3,4)50)9-13-39(41,6)20(19)15-22(33(36)38)52-35-32(30(48)29(47)23(17-42)53-35)54-34-31(49)28(46)21(43)18-51-34/h19-35,42-50H,9-18H2,1-8H3/t19?,20?,21-,22+,23-,24?,25?,26+,27+,28+,29-,30+,31-,32-,33?,34+,35-,38-,39-,40+,41+/m1/s1. The Morgan fingerprint density at radius 3 is 2.05 bits per heavy atom. The van der Waals surface area contributed by atoms with E-state index in [1.807, 2.05) is 13.8 Å². The summed E-state index contributed by atoms with van der Waals surface area (Å²) in [6.07, 6.45) is -9.87. The van der Waals surface area contributed by atoms with Gasteiger partial charge >= 0.3 is 0 Å². The van der Waals surface area contributed by atoms with E-state index in [9.17, 15) is 46.0 Å². The molecule has 7 aliphatic rings. The highest BCUT2D eigenvalue weighted by Crippen LogP contribution is 2.76. The summed E-state index contributed by atoms with van der Waals surface area (Å²) < 4.78 is 31.6. The van der Waals surface area contributed by atoms with E-state index in [4.69, 9.17) is 23.7 Å². The molecule has 55 heavy (non-hydrogen) atoms. The van der Waals surface area contributed by atoms with E-state index in [1.54, 1.807) is 13.8 Å². The molecule has 14 nitrogen and oxygen atoms in total. The summed E-state index contributed by atoms with van der Waals surface area (Å²) in [6, 6.07) is 0. The molecular weight excluding hydrogens is 716 g/mol. The number of aliphatic hydroxyl groups excluding tert-OH is 8. The predicted octanol–water partition coefficient (Wildman–Crippen LogP) is 0.970. The summed E-state index contributed by atoms with van der Waals surface area (Å²) in [7, 11) is 0. The highest BCUT2D eigenvalue weighted by Gasteiger charge is 2.74. The molecule has 7 fully saturated rings. The maximum atomic E-state index is 12.5. The largest absolute Gasteiger partial charge is 0.394 e. The molecule has 4 saturated carbocycles. The van der Waals surface area contributed by atoms with Gasteiger partial charge in [0.1, 0.15) is 42.7 Å². The molecule has 318 valence electrons. The molecule has 0 radical (unpaired) electrons. The zero-order valence-electron chi connectivity index (χ0n) is 34.0. The van der Waals surface area contributed by atoms with E-state index in [1.165, 1.54) is 0 Å². The summed E-state index contributed by atoms with van der Waals surface area (Å²) in [6.45, 7) is 15.7. The van der Waals surface area contributed by atoms with Crippen molar-refractivity contribution >= 4 is 0 Å². The lowest BCUT2D eigenvalue weighted by atomic mass is 9.36. The second kappa shape index (κ2) is 14.3. The maximum absolute atomic E-state index is 12.5. The zero-order chi connectivity index (χ0) is 40.4. The van der Waals surface area contributed by atoms with E-state index < -0.39 is 108 Å². The fraction of sp³-hybridized carbons (Fsp3) is 1.00. The Labute approximate surface area is 325 Å². The van der Waals surface area contributed by atoms with Crippen LogP contribution in [0.25, 0.3) is 0 Å². The molecule has 0 aromatic carbocycles. The number of hydrogen-bond acceptors (Lipinski definition) is 14. The van der Waals surface area contributed by atoms with Gasteiger partial charge in [-0.15, -0.1) is 0 Å². The van der Waals surface area contributed by atoms with E-state index in [0.29, 0.717) is 25.7 Å². The number of ether oxygens (including phenoxy) is 5. The summed E-state index contributed by atoms with van der Waals surface area (Å²) in [5, 5.41) is 98.8. The van der Waals surface area contributed by atoms with Gasteiger partial charge in [-0.25, -0.2) is 0 Å². The van der Waals surface area contributed by atoms with Crippen molar-refractivity contribution in [2.24, 2.45) is 45.3 Å². The average Bonchev–Trinajstić information content (AvgIpc) is 3.66. The van der Waals surface area contributed by atoms with Gasteiger partial charge in [0.15, 0.2) is 12.6 Å². The van der Waals surface area contributed by atoms with Gasteiger partial charge in [-0.1, -0.05) is 34.6 Å². The molecule has 14 heteroatoms. The van der Waals surface area contributed by atoms with Crippen molar-refractivity contribution in [1.82, 2.24) is 0 Å². The molecule has 0 aromatic heterocycles. The molecule has 4 aliphatic carbocycles. The number of hydrogen-bond donors (Lipinski definition) is 9. The lowest BCUT2D eigenvalue weighted by Gasteiger charge is -2.70. The molecule has 3 saturated heterocycles. The molecule has 0 amide bonds. The molecule has 0 aromatic rings. The van der Waals surface area contributed by atoms with Crippen LogP contribution in [0.1, 0.15) is 107 Å². The van der Waals surface area contributed by atoms with Crippen molar-refractivity contribution in [3.05, 3.63) is 0 Å². The van der Waals surface area contributed by atoms with Crippen molar-refractivity contribution in [3.63, 3.8) is 0 Å². The molecule has 3 aliphatic heterocycles. The fourth-order valence-corrected chi connectivity index (χ4v) is 13.8. The van der Waals surface area contributed by atoms with Crippen LogP contribution in [0.5, 0.6) is 0 Å². The lowest BCUT2D eigenvalue weighted by Crippen LogP contribution is -2.70. The first-order valence-corrected chi connectivity index (χ1v) is 20.8. The van der Waals surface area contributed by atoms with Crippen LogP contribution < -0.4 is 0 Å². The van der Waals surface area contributed by atoms with Crippen molar-refractivity contribution in [2.75, 3.05) is 13.2 Å². The van der Waals surface area contributed by atoms with Crippen LogP contribution in [0.4, 0.5) is 0 Å². The minimum atomic E-state index is -1.68. The Bertz CT molecular complexity index is 1390. The summed E-state index contributed by atoms with van der Waals surface area (Å²) >= 11 is 0. The van der Waals surface area contributed by atoms with Crippen molar-refractivity contribution in [2.45, 2.75) is 198 Å². The van der Waals surface area contributed by atoms with Gasteiger partial charge in [-0.3, -0.25) is 0 Å². The van der Waals surface area contributed by atoms with Crippen molar-refractivity contribution < 1.29 is 69.6 Å². The zero-order valence-corrected chi connectivity index (χ0v) is 34.0. The van der Waals surface area contributed by atoms with Crippen molar-refractivity contribution in [3.8, 4) is 0 Å². The van der Waals surface area contributed by atoms with Crippen LogP contribution in [0.2, 0.25) is 0 Å². The van der Waals surface area contributed by atoms with Gasteiger partial charge in [0.05, 0.1) is 48.8 Å². The van der Waals surface area contributed by atoms with Gasteiger partial charge in [-0.2, -0.15) is 0 Å². The third-order valence-electron chi connectivity index (χ3n) is 17.1. The molecule has 3 heterocycles. The van der Waals surface area contributed by atoms with Crippen LogP contribution in [-0.2, 0) is 23.7 Å². The van der Waals surface area contributed by atoms with Crippen molar-refractivity contribution in [1.29, 1.82) is 0 Å². The third-order valence-corrected chi connectivity index (χ3v) is 17.1. The van der Waals surface area contributed by atoms with Gasteiger partial charge in [0, 0.05) is 5.41 Å². The van der Waals surface area contributed by atoms with E-state index in [-0.39, 0.29) is 41.8 Å². The fourth-order valence-electron chi connectivity index (χ4n) is 13.8. The number of rotatable bonds is 7. The van der Waals surface area contributed by atoms with Gasteiger partial charge in [0.2, 0.25) is 0 Å². The smallest absolute Gasteiger partial charge is 0.187 e. The normalized spacial score (nSPS) is 56.8. The number of fused-ring (bicyclic) bond motifs is 5. The second-order valence-corrected chi connectivity index (χ2v) is 20.7. The van der Waals surface area contributed by atoms with Crippen LogP contribution in [0, 0.1) is 45.3 Å². The molecule has 7 rings (SSSR count). The Morgan fingerprint density at radius 2 is 1.42 bits per heavy atom. The van der Waals surface area contributed by atoms with Gasteiger partial charge in [-0.05, 0) is 112 Å².